The summed E-state index contributed by atoms with van der Waals surface area (Å²) in [5.41, 5.74) is 5.27. The second-order valence-corrected chi connectivity index (χ2v) is 10.0. The van der Waals surface area contributed by atoms with Gasteiger partial charge in [0.1, 0.15) is 19.0 Å². The maximum absolute atomic E-state index is 13.1. The van der Waals surface area contributed by atoms with Gasteiger partial charge in [0.25, 0.3) is 0 Å². The number of hydrogen-bond acceptors (Lipinski definition) is 5. The number of ether oxygens (including phenoxy) is 1. The van der Waals surface area contributed by atoms with E-state index in [4.69, 9.17) is 4.74 Å². The average Bonchev–Trinajstić information content (AvgIpc) is 3.52. The second kappa shape index (κ2) is 7.73. The van der Waals surface area contributed by atoms with Crippen molar-refractivity contribution in [2.45, 2.75) is 36.8 Å². The van der Waals surface area contributed by atoms with Gasteiger partial charge >= 0.3 is 0 Å². The Morgan fingerprint density at radius 1 is 1.08 bits per heavy atom. The average molecular weight is 481 g/mol. The minimum atomic E-state index is -0.653. The van der Waals surface area contributed by atoms with E-state index in [0.717, 1.165) is 34.2 Å². The Bertz CT molecular complexity index is 1450. The molecule has 0 bridgehead atoms. The van der Waals surface area contributed by atoms with Gasteiger partial charge in [0.2, 0.25) is 17.7 Å². The molecule has 1 saturated heterocycles. The Morgan fingerprint density at radius 3 is 2.86 bits per heavy atom. The minimum absolute atomic E-state index is 0.0121. The fraction of sp³-hybridized carbons (Fsp3) is 0.286. The lowest BCUT2D eigenvalue weighted by Gasteiger charge is -2.37. The lowest BCUT2D eigenvalue weighted by Crippen LogP contribution is -2.50. The first-order valence-electron chi connectivity index (χ1n) is 12.2. The molecule has 3 amide bonds. The number of amides is 3. The highest BCUT2D eigenvalue weighted by Crippen LogP contribution is 2.47. The molecule has 2 aliphatic carbocycles. The highest BCUT2D eigenvalue weighted by Gasteiger charge is 2.51. The molecule has 8 nitrogen and oxygen atoms in total. The molecule has 2 aliphatic heterocycles. The van der Waals surface area contributed by atoms with E-state index in [0.29, 0.717) is 24.3 Å². The number of hydrogen-bond donors (Lipinski definition) is 2. The van der Waals surface area contributed by atoms with Crippen LogP contribution in [0.3, 0.4) is 0 Å². The number of pyridine rings is 1. The quantitative estimate of drug-likeness (QED) is 0.600. The maximum atomic E-state index is 13.1. The van der Waals surface area contributed by atoms with E-state index in [1.807, 2.05) is 48.5 Å². The zero-order chi connectivity index (χ0) is 24.4. The van der Waals surface area contributed by atoms with E-state index in [2.05, 4.69) is 21.7 Å². The van der Waals surface area contributed by atoms with Gasteiger partial charge in [-0.25, -0.2) is 4.98 Å². The van der Waals surface area contributed by atoms with Crippen LogP contribution < -0.4 is 10.6 Å². The van der Waals surface area contributed by atoms with Crippen LogP contribution in [0.15, 0.2) is 60.8 Å². The molecule has 1 aromatic heterocycles. The van der Waals surface area contributed by atoms with Gasteiger partial charge in [-0.05, 0) is 53.3 Å². The van der Waals surface area contributed by atoms with Gasteiger partial charge in [0.05, 0.1) is 17.6 Å². The van der Waals surface area contributed by atoms with E-state index < -0.39 is 5.41 Å². The third-order valence-electron chi connectivity index (χ3n) is 8.00. The van der Waals surface area contributed by atoms with Crippen LogP contribution in [0.5, 0.6) is 0 Å². The number of fused-ring (bicyclic) bond motifs is 6. The summed E-state index contributed by atoms with van der Waals surface area (Å²) >= 11 is 0. The molecule has 3 atom stereocenters. The Morgan fingerprint density at radius 2 is 1.94 bits per heavy atom. The Hall–Kier alpha value is -4.04. The van der Waals surface area contributed by atoms with Crippen molar-refractivity contribution in [1.82, 2.24) is 9.88 Å². The Kier molecular flexibility index (Phi) is 4.56. The van der Waals surface area contributed by atoms with Gasteiger partial charge in [0.15, 0.2) is 0 Å². The van der Waals surface area contributed by atoms with Gasteiger partial charge < -0.3 is 20.3 Å². The first-order valence-corrected chi connectivity index (χ1v) is 12.2. The summed E-state index contributed by atoms with van der Waals surface area (Å²) in [5, 5.41) is 5.89. The zero-order valence-electron chi connectivity index (χ0n) is 19.5. The van der Waals surface area contributed by atoms with Crippen molar-refractivity contribution in [1.29, 1.82) is 0 Å². The molecule has 0 unspecified atom stereocenters. The third-order valence-corrected chi connectivity index (χ3v) is 8.00. The molecule has 7 rings (SSSR count). The standard InChI is InChI=1S/C28H24N4O4/c33-23(14-32-24(34)15-36-22-11-16-4-1-2-5-20(16)25(22)32)30-19-8-7-17-12-28(13-18(17)10-19)21-6-3-9-29-26(21)31-27(28)35/h1-10,22,25H,11-15H2,(H,30,33)(H,29,31,35)/t22-,25+,28+/m0/s1. The predicted octanol–water partition coefficient (Wildman–Crippen LogP) is 2.53. The van der Waals surface area contributed by atoms with Crippen LogP contribution in [0.4, 0.5) is 11.5 Å². The van der Waals surface area contributed by atoms with Crippen molar-refractivity contribution < 1.29 is 19.1 Å². The van der Waals surface area contributed by atoms with Gasteiger partial charge in [-0.3, -0.25) is 14.4 Å². The number of aromatic nitrogens is 1. The Balaban J connectivity index is 1.10. The molecule has 180 valence electrons. The minimum Gasteiger partial charge on any atom is -0.366 e. The van der Waals surface area contributed by atoms with Crippen LogP contribution in [0.1, 0.15) is 33.9 Å². The van der Waals surface area contributed by atoms with Gasteiger partial charge in [-0.15, -0.1) is 0 Å². The SMILES string of the molecule is O=C(CN1C(=O)CO[C@H]2Cc3ccccc3[C@H]21)Nc1ccc2c(c1)C[C@@]1(C2)C(=O)Nc2ncccc21. The van der Waals surface area contributed by atoms with Crippen molar-refractivity contribution in [3.63, 3.8) is 0 Å². The summed E-state index contributed by atoms with van der Waals surface area (Å²) in [6, 6.07) is 17.4. The number of morpholine rings is 1. The summed E-state index contributed by atoms with van der Waals surface area (Å²) in [4.78, 5) is 44.7. The molecule has 4 aliphatic rings. The van der Waals surface area contributed by atoms with Crippen molar-refractivity contribution in [3.8, 4) is 0 Å². The number of anilines is 2. The third kappa shape index (κ3) is 3.10. The Labute approximate surface area is 207 Å². The van der Waals surface area contributed by atoms with E-state index in [-0.39, 0.29) is 43.0 Å². The molecule has 3 heterocycles. The summed E-state index contributed by atoms with van der Waals surface area (Å²) < 4.78 is 5.80. The number of carbonyl (C=O) groups is 3. The predicted molar refractivity (Wildman–Crippen MR) is 131 cm³/mol. The van der Waals surface area contributed by atoms with Crippen molar-refractivity contribution in [2.24, 2.45) is 0 Å². The highest BCUT2D eigenvalue weighted by molar-refractivity contribution is 6.06. The molecule has 8 heteroatoms. The van der Waals surface area contributed by atoms with Crippen LogP contribution in [-0.2, 0) is 43.8 Å². The second-order valence-electron chi connectivity index (χ2n) is 10.0. The van der Waals surface area contributed by atoms with E-state index in [1.54, 1.807) is 11.1 Å². The molecule has 2 aromatic carbocycles. The van der Waals surface area contributed by atoms with Crippen LogP contribution in [0.25, 0.3) is 0 Å². The maximum Gasteiger partial charge on any atom is 0.249 e. The molecule has 2 N–H and O–H groups in total. The molecule has 3 aromatic rings. The van der Waals surface area contributed by atoms with E-state index in [1.165, 1.54) is 0 Å². The first kappa shape index (κ1) is 21.3. The number of benzene rings is 2. The molecule has 0 saturated carbocycles. The lowest BCUT2D eigenvalue weighted by molar-refractivity contribution is -0.157. The van der Waals surface area contributed by atoms with E-state index in [9.17, 15) is 14.4 Å². The molecule has 1 fully saturated rings. The number of carbonyl (C=O) groups excluding carboxylic acids is 3. The summed E-state index contributed by atoms with van der Waals surface area (Å²) in [5.74, 6) is 0.161. The largest absolute Gasteiger partial charge is 0.366 e. The first-order chi connectivity index (χ1) is 17.5. The van der Waals surface area contributed by atoms with Gasteiger partial charge in [-0.2, -0.15) is 0 Å². The van der Waals surface area contributed by atoms with Crippen molar-refractivity contribution in [3.05, 3.63) is 88.6 Å². The molecular formula is C28H24N4O4. The zero-order valence-corrected chi connectivity index (χ0v) is 19.5. The molecular weight excluding hydrogens is 456 g/mol. The fourth-order valence-electron chi connectivity index (χ4n) is 6.36. The van der Waals surface area contributed by atoms with Crippen LogP contribution >= 0.6 is 0 Å². The number of nitrogens with zero attached hydrogens (tertiary/aromatic N) is 2. The number of rotatable bonds is 3. The highest BCUT2D eigenvalue weighted by atomic mass is 16.5. The topological polar surface area (TPSA) is 101 Å². The molecule has 36 heavy (non-hydrogen) atoms. The van der Waals surface area contributed by atoms with Gasteiger partial charge in [0, 0.05) is 23.9 Å². The fourth-order valence-corrected chi connectivity index (χ4v) is 6.36. The van der Waals surface area contributed by atoms with Crippen LogP contribution in [0.2, 0.25) is 0 Å². The molecule has 0 radical (unpaired) electrons. The lowest BCUT2D eigenvalue weighted by atomic mass is 9.79. The van der Waals surface area contributed by atoms with Crippen LogP contribution in [-0.4, -0.2) is 46.9 Å². The summed E-state index contributed by atoms with van der Waals surface area (Å²) in [7, 11) is 0. The smallest absolute Gasteiger partial charge is 0.249 e. The van der Waals surface area contributed by atoms with Crippen molar-refractivity contribution >= 4 is 29.2 Å². The monoisotopic (exact) mass is 480 g/mol. The van der Waals surface area contributed by atoms with Crippen molar-refractivity contribution in [2.75, 3.05) is 23.8 Å². The van der Waals surface area contributed by atoms with E-state index >= 15 is 0 Å². The normalized spacial score (nSPS) is 25.3. The summed E-state index contributed by atoms with van der Waals surface area (Å²) in [6.07, 6.45) is 3.45. The van der Waals surface area contributed by atoms with Gasteiger partial charge in [-0.1, -0.05) is 36.4 Å². The molecule has 1 spiro atoms. The summed E-state index contributed by atoms with van der Waals surface area (Å²) in [6.45, 7) is -0.0536. The number of nitrogens with one attached hydrogen (secondary N) is 2. The van der Waals surface area contributed by atoms with Crippen LogP contribution in [0, 0.1) is 0 Å².